The number of aromatic nitrogens is 1. The highest BCUT2D eigenvalue weighted by atomic mass is 32.2. The average molecular weight is 442 g/mol. The van der Waals surface area contributed by atoms with Crippen molar-refractivity contribution in [2.45, 2.75) is 33.7 Å². The highest BCUT2D eigenvalue weighted by Crippen LogP contribution is 2.37. The molecule has 1 fully saturated rings. The first-order valence-corrected chi connectivity index (χ1v) is 10.7. The average Bonchev–Trinajstić information content (AvgIpc) is 3.38. The molecule has 2 amide bonds. The molecule has 0 saturated carbocycles. The van der Waals surface area contributed by atoms with E-state index >= 15 is 0 Å². The Kier molecular flexibility index (Phi) is 5.53. The monoisotopic (exact) mass is 442 g/mol. The number of carbonyl (C=O) groups excluding carboxylic acids is 3. The Bertz CT molecular complexity index is 1120. The summed E-state index contributed by atoms with van der Waals surface area (Å²) in [5, 5.41) is -0.485. The van der Waals surface area contributed by atoms with Gasteiger partial charge in [-0.15, -0.1) is 0 Å². The molecule has 3 heterocycles. The molecule has 0 unspecified atom stereocenters. The quantitative estimate of drug-likeness (QED) is 0.514. The molecule has 8 nitrogen and oxygen atoms in total. The number of esters is 1. The summed E-state index contributed by atoms with van der Waals surface area (Å²) in [6.45, 7) is 7.45. The van der Waals surface area contributed by atoms with Gasteiger partial charge >= 0.3 is 5.97 Å². The van der Waals surface area contributed by atoms with Gasteiger partial charge in [-0.05, 0) is 69.3 Å². The van der Waals surface area contributed by atoms with Crippen LogP contribution in [0.5, 0.6) is 11.5 Å². The molecule has 2 aromatic rings. The lowest BCUT2D eigenvalue weighted by Gasteiger charge is -2.19. The molecule has 1 aromatic heterocycles. The minimum absolute atomic E-state index is 0.182. The predicted octanol–water partition coefficient (Wildman–Crippen LogP) is 3.81. The van der Waals surface area contributed by atoms with Crippen LogP contribution in [0.1, 0.15) is 30.8 Å². The molecule has 162 valence electrons. The third-order valence-electron chi connectivity index (χ3n) is 5.21. The molecule has 4 rings (SSSR count). The van der Waals surface area contributed by atoms with Crippen LogP contribution >= 0.6 is 11.8 Å². The maximum Gasteiger partial charge on any atom is 0.329 e. The van der Waals surface area contributed by atoms with E-state index < -0.39 is 23.2 Å². The van der Waals surface area contributed by atoms with E-state index in [1.165, 1.54) is 6.92 Å². The third-order valence-corrected chi connectivity index (χ3v) is 6.09. The first kappa shape index (κ1) is 21.0. The van der Waals surface area contributed by atoms with Crippen LogP contribution in [0.3, 0.4) is 0 Å². The lowest BCUT2D eigenvalue weighted by molar-refractivity contribution is -0.150. The summed E-state index contributed by atoms with van der Waals surface area (Å²) in [5.74, 6) is 0.284. The molecule has 0 N–H and O–H groups in total. The normalized spacial score (nSPS) is 17.5. The van der Waals surface area contributed by atoms with Crippen molar-refractivity contribution in [3.05, 3.63) is 46.1 Å². The van der Waals surface area contributed by atoms with Gasteiger partial charge in [0.2, 0.25) is 6.79 Å². The first-order valence-electron chi connectivity index (χ1n) is 9.84. The van der Waals surface area contributed by atoms with Gasteiger partial charge in [0, 0.05) is 23.1 Å². The van der Waals surface area contributed by atoms with Crippen LogP contribution in [0.15, 0.2) is 29.2 Å². The van der Waals surface area contributed by atoms with Gasteiger partial charge in [0.15, 0.2) is 11.5 Å². The number of imide groups is 1. The molecular formula is C22H22N2O6S. The summed E-state index contributed by atoms with van der Waals surface area (Å²) in [6.07, 6.45) is 1.69. The molecule has 1 aromatic carbocycles. The van der Waals surface area contributed by atoms with Crippen LogP contribution in [0.25, 0.3) is 11.8 Å². The summed E-state index contributed by atoms with van der Waals surface area (Å²) in [4.78, 5) is 38.5. The molecule has 0 bridgehead atoms. The van der Waals surface area contributed by atoms with Crippen LogP contribution in [0.2, 0.25) is 0 Å². The van der Waals surface area contributed by atoms with Crippen LogP contribution in [0.4, 0.5) is 4.79 Å². The van der Waals surface area contributed by atoms with Crippen LogP contribution < -0.4 is 9.47 Å². The fraction of sp³-hybridized carbons (Fsp3) is 0.318. The molecule has 1 atom stereocenters. The number of fused-ring (bicyclic) bond motifs is 1. The molecule has 9 heteroatoms. The maximum absolute atomic E-state index is 12.8. The van der Waals surface area contributed by atoms with Crippen molar-refractivity contribution < 1.29 is 28.6 Å². The molecule has 0 aliphatic carbocycles. The van der Waals surface area contributed by atoms with Gasteiger partial charge in [0.05, 0.1) is 11.5 Å². The minimum atomic E-state index is -0.973. The van der Waals surface area contributed by atoms with E-state index in [1.54, 1.807) is 13.0 Å². The fourth-order valence-corrected chi connectivity index (χ4v) is 4.58. The number of carbonyl (C=O) groups is 3. The zero-order valence-corrected chi connectivity index (χ0v) is 18.4. The van der Waals surface area contributed by atoms with E-state index in [-0.39, 0.29) is 18.3 Å². The van der Waals surface area contributed by atoms with E-state index in [0.717, 1.165) is 39.3 Å². The Balaban J connectivity index is 1.64. The zero-order chi connectivity index (χ0) is 22.3. The van der Waals surface area contributed by atoms with Gasteiger partial charge in [-0.25, -0.2) is 4.79 Å². The molecular weight excluding hydrogens is 420 g/mol. The number of rotatable bonds is 5. The molecule has 0 radical (unpaired) electrons. The molecule has 2 aliphatic heterocycles. The van der Waals surface area contributed by atoms with Crippen LogP contribution in [-0.4, -0.2) is 46.0 Å². The van der Waals surface area contributed by atoms with Crippen molar-refractivity contribution in [3.8, 4) is 17.2 Å². The molecule has 31 heavy (non-hydrogen) atoms. The zero-order valence-electron chi connectivity index (χ0n) is 17.6. The maximum atomic E-state index is 12.8. The van der Waals surface area contributed by atoms with Gasteiger partial charge in [0.25, 0.3) is 11.1 Å². The molecule has 2 aliphatic rings. The van der Waals surface area contributed by atoms with E-state index in [0.29, 0.717) is 11.5 Å². The van der Waals surface area contributed by atoms with Gasteiger partial charge < -0.3 is 18.8 Å². The number of hydrogen-bond acceptors (Lipinski definition) is 7. The summed E-state index contributed by atoms with van der Waals surface area (Å²) < 4.78 is 17.8. The van der Waals surface area contributed by atoms with Gasteiger partial charge in [-0.2, -0.15) is 0 Å². The smallest absolute Gasteiger partial charge is 0.329 e. The number of nitrogens with zero attached hydrogens (tertiary/aromatic N) is 2. The van der Waals surface area contributed by atoms with Gasteiger partial charge in [-0.1, -0.05) is 0 Å². The lowest BCUT2D eigenvalue weighted by atomic mass is 10.2. The number of benzene rings is 1. The Hall–Kier alpha value is -3.20. The molecule has 0 spiro atoms. The number of aryl methyl sites for hydroxylation is 1. The summed E-state index contributed by atoms with van der Waals surface area (Å²) in [6, 6.07) is 6.67. The van der Waals surface area contributed by atoms with Crippen molar-refractivity contribution in [1.82, 2.24) is 9.47 Å². The highest BCUT2D eigenvalue weighted by Gasteiger charge is 2.41. The molecule has 1 saturated heterocycles. The van der Waals surface area contributed by atoms with Gasteiger partial charge in [0.1, 0.15) is 6.04 Å². The second kappa shape index (κ2) is 8.14. The first-order chi connectivity index (χ1) is 14.8. The topological polar surface area (TPSA) is 87.1 Å². The summed E-state index contributed by atoms with van der Waals surface area (Å²) in [7, 11) is 0. The summed E-state index contributed by atoms with van der Waals surface area (Å²) >= 11 is 0.821. The standard InChI is InChI=1S/C22H22N2O6S/c1-5-28-21(26)14(4)24-20(25)19(31-22(24)27)9-15-8-12(2)23(13(15)3)16-6-7-17-18(10-16)30-11-29-17/h6-10,14H,5,11H2,1-4H3/b19-9-/t14-/m0/s1. The lowest BCUT2D eigenvalue weighted by Crippen LogP contribution is -2.42. The van der Waals surface area contributed by atoms with Crippen molar-refractivity contribution in [2.75, 3.05) is 13.4 Å². The Morgan fingerprint density at radius 2 is 1.97 bits per heavy atom. The fourth-order valence-electron chi connectivity index (χ4n) is 3.68. The number of amides is 2. The number of hydrogen-bond donors (Lipinski definition) is 0. The van der Waals surface area contributed by atoms with Crippen LogP contribution in [0, 0.1) is 13.8 Å². The number of thioether (sulfide) groups is 1. The minimum Gasteiger partial charge on any atom is -0.464 e. The SMILES string of the molecule is CCOC(=O)[C@H](C)N1C(=O)S/C(=C\c2cc(C)n(-c3ccc4c(c3)OCO4)c2C)C1=O. The largest absolute Gasteiger partial charge is 0.464 e. The summed E-state index contributed by atoms with van der Waals surface area (Å²) in [5.41, 5.74) is 3.58. The van der Waals surface area contributed by atoms with Gasteiger partial charge in [-0.3, -0.25) is 14.5 Å². The van der Waals surface area contributed by atoms with Crippen molar-refractivity contribution in [3.63, 3.8) is 0 Å². The van der Waals surface area contributed by atoms with E-state index in [4.69, 9.17) is 14.2 Å². The Morgan fingerprint density at radius 1 is 1.23 bits per heavy atom. The van der Waals surface area contributed by atoms with E-state index in [2.05, 4.69) is 0 Å². The highest BCUT2D eigenvalue weighted by molar-refractivity contribution is 8.18. The Labute approximate surface area is 183 Å². The van der Waals surface area contributed by atoms with Crippen molar-refractivity contribution in [2.24, 2.45) is 0 Å². The van der Waals surface area contributed by atoms with Crippen molar-refractivity contribution >= 4 is 35.0 Å². The second-order valence-corrected chi connectivity index (χ2v) is 8.17. The predicted molar refractivity (Wildman–Crippen MR) is 115 cm³/mol. The van der Waals surface area contributed by atoms with E-state index in [1.807, 2.05) is 42.7 Å². The number of ether oxygens (including phenoxy) is 3. The van der Waals surface area contributed by atoms with Crippen molar-refractivity contribution in [1.29, 1.82) is 0 Å². The van der Waals surface area contributed by atoms with E-state index in [9.17, 15) is 14.4 Å². The Morgan fingerprint density at radius 3 is 2.71 bits per heavy atom. The van der Waals surface area contributed by atoms with Crippen LogP contribution in [-0.2, 0) is 14.3 Å². The second-order valence-electron chi connectivity index (χ2n) is 7.18. The third kappa shape index (κ3) is 3.69.